The molecular formula is C13H18N2O2. The van der Waals surface area contributed by atoms with Crippen LogP contribution in [0.5, 0.6) is 5.75 Å². The number of pyridine rings is 1. The molecule has 1 saturated carbocycles. The van der Waals surface area contributed by atoms with Gasteiger partial charge in [0.15, 0.2) is 0 Å². The van der Waals surface area contributed by atoms with E-state index in [1.165, 1.54) is 0 Å². The standard InChI is InChI=1S/C13H18N2O2/c1-17-10-3-5-13(14-6-10)15-7-9-2-4-12(16)11(9)8-15/h3,5-6,9,11-12,16H,2,4,7-8H2,1H3. The molecule has 1 aliphatic heterocycles. The molecule has 4 heteroatoms. The second kappa shape index (κ2) is 4.18. The fourth-order valence-corrected chi connectivity index (χ4v) is 3.10. The van der Waals surface area contributed by atoms with Crippen molar-refractivity contribution in [2.24, 2.45) is 11.8 Å². The maximum atomic E-state index is 9.88. The molecule has 3 atom stereocenters. The summed E-state index contributed by atoms with van der Waals surface area (Å²) in [6, 6.07) is 3.93. The number of hydrogen-bond acceptors (Lipinski definition) is 4. The topological polar surface area (TPSA) is 45.6 Å². The lowest BCUT2D eigenvalue weighted by atomic mass is 10.00. The van der Waals surface area contributed by atoms with Gasteiger partial charge in [0, 0.05) is 19.0 Å². The summed E-state index contributed by atoms with van der Waals surface area (Å²) in [4.78, 5) is 6.68. The maximum Gasteiger partial charge on any atom is 0.137 e. The summed E-state index contributed by atoms with van der Waals surface area (Å²) in [7, 11) is 1.65. The van der Waals surface area contributed by atoms with Gasteiger partial charge in [-0.1, -0.05) is 0 Å². The Balaban J connectivity index is 1.73. The summed E-state index contributed by atoms with van der Waals surface area (Å²) in [5.74, 6) is 2.87. The maximum absolute atomic E-state index is 9.88. The molecule has 1 saturated heterocycles. The highest BCUT2D eigenvalue weighted by molar-refractivity contribution is 5.42. The first-order chi connectivity index (χ1) is 8.28. The van der Waals surface area contributed by atoms with Gasteiger partial charge in [0.1, 0.15) is 11.6 Å². The molecule has 3 unspecified atom stereocenters. The van der Waals surface area contributed by atoms with Crippen LogP contribution in [0.25, 0.3) is 0 Å². The fourth-order valence-electron chi connectivity index (χ4n) is 3.10. The van der Waals surface area contributed by atoms with Gasteiger partial charge in [-0.05, 0) is 30.9 Å². The molecule has 92 valence electrons. The van der Waals surface area contributed by atoms with Crippen molar-refractivity contribution in [3.05, 3.63) is 18.3 Å². The zero-order valence-electron chi connectivity index (χ0n) is 10.0. The Bertz CT molecular complexity index is 393. The van der Waals surface area contributed by atoms with E-state index < -0.39 is 0 Å². The molecule has 0 amide bonds. The van der Waals surface area contributed by atoms with Crippen LogP contribution in [-0.4, -0.2) is 36.4 Å². The summed E-state index contributed by atoms with van der Waals surface area (Å²) in [5, 5.41) is 9.88. The Morgan fingerprint density at radius 3 is 2.88 bits per heavy atom. The molecule has 1 aromatic heterocycles. The van der Waals surface area contributed by atoms with Crippen molar-refractivity contribution >= 4 is 5.82 Å². The van der Waals surface area contributed by atoms with E-state index in [1.807, 2.05) is 12.1 Å². The number of aliphatic hydroxyl groups excluding tert-OH is 1. The molecule has 1 aliphatic carbocycles. The van der Waals surface area contributed by atoms with Crippen molar-refractivity contribution in [2.45, 2.75) is 18.9 Å². The predicted octanol–water partition coefficient (Wildman–Crippen LogP) is 1.30. The molecule has 0 aromatic carbocycles. The molecule has 0 spiro atoms. The van der Waals surface area contributed by atoms with E-state index >= 15 is 0 Å². The van der Waals surface area contributed by atoms with Crippen LogP contribution in [-0.2, 0) is 0 Å². The Morgan fingerprint density at radius 1 is 1.35 bits per heavy atom. The quantitative estimate of drug-likeness (QED) is 0.837. The summed E-state index contributed by atoms with van der Waals surface area (Å²) < 4.78 is 5.10. The molecule has 2 fully saturated rings. The van der Waals surface area contributed by atoms with Crippen molar-refractivity contribution in [1.29, 1.82) is 0 Å². The van der Waals surface area contributed by atoms with Crippen LogP contribution in [0, 0.1) is 11.8 Å². The number of rotatable bonds is 2. The molecule has 2 aliphatic rings. The van der Waals surface area contributed by atoms with Gasteiger partial charge in [0.25, 0.3) is 0 Å². The molecule has 3 rings (SSSR count). The van der Waals surface area contributed by atoms with Gasteiger partial charge >= 0.3 is 0 Å². The Hall–Kier alpha value is -1.29. The predicted molar refractivity (Wildman–Crippen MR) is 65.2 cm³/mol. The first-order valence-electron chi connectivity index (χ1n) is 6.21. The summed E-state index contributed by atoms with van der Waals surface area (Å²) >= 11 is 0. The molecule has 1 aromatic rings. The highest BCUT2D eigenvalue weighted by Gasteiger charge is 2.42. The van der Waals surface area contributed by atoms with E-state index in [1.54, 1.807) is 13.3 Å². The molecule has 0 radical (unpaired) electrons. The van der Waals surface area contributed by atoms with Crippen LogP contribution in [0.1, 0.15) is 12.8 Å². The number of aromatic nitrogens is 1. The number of anilines is 1. The summed E-state index contributed by atoms with van der Waals surface area (Å²) in [5.41, 5.74) is 0. The number of ether oxygens (including phenoxy) is 1. The van der Waals surface area contributed by atoms with Crippen LogP contribution in [0.15, 0.2) is 18.3 Å². The second-order valence-electron chi connectivity index (χ2n) is 5.03. The monoisotopic (exact) mass is 234 g/mol. The number of hydrogen-bond donors (Lipinski definition) is 1. The smallest absolute Gasteiger partial charge is 0.137 e. The van der Waals surface area contributed by atoms with Gasteiger partial charge in [-0.15, -0.1) is 0 Å². The van der Waals surface area contributed by atoms with Crippen molar-refractivity contribution in [1.82, 2.24) is 4.98 Å². The Kier molecular flexibility index (Phi) is 2.67. The molecule has 2 heterocycles. The van der Waals surface area contributed by atoms with Crippen LogP contribution in [0.4, 0.5) is 5.82 Å². The van der Waals surface area contributed by atoms with Gasteiger partial charge in [-0.25, -0.2) is 4.98 Å². The average molecular weight is 234 g/mol. The van der Waals surface area contributed by atoms with Gasteiger partial charge < -0.3 is 14.7 Å². The highest BCUT2D eigenvalue weighted by atomic mass is 16.5. The van der Waals surface area contributed by atoms with Crippen LogP contribution in [0.2, 0.25) is 0 Å². The molecule has 4 nitrogen and oxygen atoms in total. The number of methoxy groups -OCH3 is 1. The number of aliphatic hydroxyl groups is 1. The van der Waals surface area contributed by atoms with Crippen LogP contribution < -0.4 is 9.64 Å². The molecule has 1 N–H and O–H groups in total. The minimum atomic E-state index is -0.108. The first-order valence-corrected chi connectivity index (χ1v) is 6.21. The fraction of sp³-hybridized carbons (Fsp3) is 0.615. The normalized spacial score (nSPS) is 31.6. The minimum Gasteiger partial charge on any atom is -0.495 e. The molecule has 0 bridgehead atoms. The van der Waals surface area contributed by atoms with Gasteiger partial charge in [0.05, 0.1) is 19.4 Å². The largest absolute Gasteiger partial charge is 0.495 e. The third-order valence-corrected chi connectivity index (χ3v) is 4.10. The van der Waals surface area contributed by atoms with Gasteiger partial charge in [-0.3, -0.25) is 0 Å². The third kappa shape index (κ3) is 1.86. The van der Waals surface area contributed by atoms with Crippen molar-refractivity contribution < 1.29 is 9.84 Å². The van der Waals surface area contributed by atoms with Crippen molar-refractivity contribution in [3.8, 4) is 5.75 Å². The second-order valence-corrected chi connectivity index (χ2v) is 5.03. The van der Waals surface area contributed by atoms with Crippen molar-refractivity contribution in [3.63, 3.8) is 0 Å². The van der Waals surface area contributed by atoms with E-state index in [4.69, 9.17) is 4.74 Å². The van der Waals surface area contributed by atoms with Crippen LogP contribution in [0.3, 0.4) is 0 Å². The van der Waals surface area contributed by atoms with E-state index in [-0.39, 0.29) is 6.10 Å². The SMILES string of the molecule is COc1ccc(N2CC3CCC(O)C3C2)nc1. The van der Waals surface area contributed by atoms with Crippen molar-refractivity contribution in [2.75, 3.05) is 25.1 Å². The van der Waals surface area contributed by atoms with Gasteiger partial charge in [-0.2, -0.15) is 0 Å². The third-order valence-electron chi connectivity index (χ3n) is 4.10. The number of nitrogens with zero attached hydrogens (tertiary/aromatic N) is 2. The molecule has 17 heavy (non-hydrogen) atoms. The van der Waals surface area contributed by atoms with E-state index in [0.717, 1.165) is 37.5 Å². The van der Waals surface area contributed by atoms with E-state index in [9.17, 15) is 5.11 Å². The molecular weight excluding hydrogens is 216 g/mol. The zero-order valence-corrected chi connectivity index (χ0v) is 10.0. The van der Waals surface area contributed by atoms with E-state index in [2.05, 4.69) is 9.88 Å². The van der Waals surface area contributed by atoms with E-state index in [0.29, 0.717) is 11.8 Å². The lowest BCUT2D eigenvalue weighted by Crippen LogP contribution is -2.25. The first kappa shape index (κ1) is 10.8. The Morgan fingerprint density at radius 2 is 2.24 bits per heavy atom. The van der Waals surface area contributed by atoms with Crippen LogP contribution >= 0.6 is 0 Å². The lowest BCUT2D eigenvalue weighted by Gasteiger charge is -2.19. The number of fused-ring (bicyclic) bond motifs is 1. The summed E-state index contributed by atoms with van der Waals surface area (Å²) in [6.45, 7) is 1.96. The Labute approximate surface area is 101 Å². The summed E-state index contributed by atoms with van der Waals surface area (Å²) in [6.07, 6.45) is 3.76. The minimum absolute atomic E-state index is 0.108. The highest BCUT2D eigenvalue weighted by Crippen LogP contribution is 2.39. The average Bonchev–Trinajstić information content (AvgIpc) is 2.92. The lowest BCUT2D eigenvalue weighted by molar-refractivity contribution is 0.133. The zero-order chi connectivity index (χ0) is 11.8. The van der Waals surface area contributed by atoms with Gasteiger partial charge in [0.2, 0.25) is 0 Å².